The highest BCUT2D eigenvalue weighted by molar-refractivity contribution is 5.91. The van der Waals surface area contributed by atoms with Crippen LogP contribution in [0.2, 0.25) is 0 Å². The van der Waals surface area contributed by atoms with Crippen LogP contribution in [-0.4, -0.2) is 12.0 Å². The van der Waals surface area contributed by atoms with Gasteiger partial charge in [-0.05, 0) is 24.3 Å². The zero-order chi connectivity index (χ0) is 9.26. The van der Waals surface area contributed by atoms with Crippen molar-refractivity contribution in [3.63, 3.8) is 0 Å². The first kappa shape index (κ1) is 8.01. The van der Waals surface area contributed by atoms with Gasteiger partial charge in [0.1, 0.15) is 0 Å². The predicted octanol–water partition coefficient (Wildman–Crippen LogP) is 1.54. The molecule has 13 heavy (non-hydrogen) atoms. The first-order chi connectivity index (χ1) is 6.29. The number of hydrogen-bond donors (Lipinski definition) is 1. The summed E-state index contributed by atoms with van der Waals surface area (Å²) >= 11 is 0. The Morgan fingerprint density at radius 1 is 1.23 bits per heavy atom. The van der Waals surface area contributed by atoms with Crippen molar-refractivity contribution in [3.8, 4) is 0 Å². The zero-order valence-electron chi connectivity index (χ0n) is 7.44. The second-order valence-corrected chi connectivity index (χ2v) is 2.96. The third-order valence-corrected chi connectivity index (χ3v) is 2.00. The summed E-state index contributed by atoms with van der Waals surface area (Å²) in [5.74, 6) is 5.69. The van der Waals surface area contributed by atoms with Gasteiger partial charge in [0.2, 0.25) is 0 Å². The molecule has 0 spiro atoms. The van der Waals surface area contributed by atoms with Gasteiger partial charge in [-0.1, -0.05) is 6.07 Å². The number of pyridine rings is 1. The fourth-order valence-electron chi connectivity index (χ4n) is 1.39. The lowest BCUT2D eigenvalue weighted by atomic mass is 10.2. The quantitative estimate of drug-likeness (QED) is 0.525. The third kappa shape index (κ3) is 1.34. The fourth-order valence-corrected chi connectivity index (χ4v) is 1.39. The van der Waals surface area contributed by atoms with E-state index in [4.69, 9.17) is 5.84 Å². The molecule has 2 rings (SSSR count). The molecule has 0 aliphatic carbocycles. The first-order valence-corrected chi connectivity index (χ1v) is 4.11. The number of anilines is 1. The van der Waals surface area contributed by atoms with E-state index in [0.29, 0.717) is 0 Å². The summed E-state index contributed by atoms with van der Waals surface area (Å²) in [6, 6.07) is 9.83. The molecule has 3 heteroatoms. The maximum Gasteiger partial charge on any atom is 0.0723 e. The molecule has 2 N–H and O–H groups in total. The van der Waals surface area contributed by atoms with Gasteiger partial charge in [-0.2, -0.15) is 0 Å². The summed E-state index contributed by atoms with van der Waals surface area (Å²) in [6.45, 7) is 0. The van der Waals surface area contributed by atoms with E-state index >= 15 is 0 Å². The van der Waals surface area contributed by atoms with Crippen LogP contribution in [-0.2, 0) is 0 Å². The second kappa shape index (κ2) is 3.03. The molecule has 66 valence electrons. The van der Waals surface area contributed by atoms with E-state index in [2.05, 4.69) is 4.98 Å². The van der Waals surface area contributed by atoms with Crippen LogP contribution in [0.4, 0.5) is 5.69 Å². The molecule has 0 atom stereocenters. The van der Waals surface area contributed by atoms with Crippen LogP contribution in [0.1, 0.15) is 0 Å². The monoisotopic (exact) mass is 173 g/mol. The first-order valence-electron chi connectivity index (χ1n) is 4.11. The van der Waals surface area contributed by atoms with E-state index in [-0.39, 0.29) is 0 Å². The van der Waals surface area contributed by atoms with Gasteiger partial charge in [-0.25, -0.2) is 5.84 Å². The Morgan fingerprint density at radius 3 is 2.85 bits per heavy atom. The molecule has 0 unspecified atom stereocenters. The number of benzene rings is 1. The second-order valence-electron chi connectivity index (χ2n) is 2.96. The third-order valence-electron chi connectivity index (χ3n) is 2.00. The summed E-state index contributed by atoms with van der Waals surface area (Å²) in [5.41, 5.74) is 1.96. The minimum Gasteiger partial charge on any atom is -0.313 e. The van der Waals surface area contributed by atoms with Crippen molar-refractivity contribution >= 4 is 16.6 Å². The van der Waals surface area contributed by atoms with Gasteiger partial charge < -0.3 is 5.01 Å². The molecule has 0 saturated carbocycles. The van der Waals surface area contributed by atoms with E-state index in [1.807, 2.05) is 37.4 Å². The Morgan fingerprint density at radius 2 is 2.08 bits per heavy atom. The lowest BCUT2D eigenvalue weighted by Crippen LogP contribution is -2.25. The summed E-state index contributed by atoms with van der Waals surface area (Å²) in [4.78, 5) is 4.24. The Labute approximate surface area is 76.8 Å². The molecule has 1 aromatic heterocycles. The van der Waals surface area contributed by atoms with Crippen LogP contribution in [0, 0.1) is 0 Å². The number of nitrogens with two attached hydrogens (primary N) is 1. The van der Waals surface area contributed by atoms with Crippen LogP contribution in [0.3, 0.4) is 0 Å². The minimum atomic E-state index is 0.970. The maximum absolute atomic E-state index is 5.69. The highest BCUT2D eigenvalue weighted by Gasteiger charge is 2.01. The minimum absolute atomic E-state index is 0.970. The van der Waals surface area contributed by atoms with Gasteiger partial charge in [0, 0.05) is 18.6 Å². The van der Waals surface area contributed by atoms with Gasteiger partial charge in [0.25, 0.3) is 0 Å². The molecular weight excluding hydrogens is 162 g/mol. The number of aromatic nitrogens is 1. The molecule has 0 aliphatic rings. The van der Waals surface area contributed by atoms with Crippen molar-refractivity contribution in [1.82, 2.24) is 4.98 Å². The van der Waals surface area contributed by atoms with Gasteiger partial charge >= 0.3 is 0 Å². The molecule has 0 amide bonds. The largest absolute Gasteiger partial charge is 0.313 e. The summed E-state index contributed by atoms with van der Waals surface area (Å²) < 4.78 is 0. The van der Waals surface area contributed by atoms with E-state index in [1.165, 1.54) is 0 Å². The molecule has 1 heterocycles. The molecule has 0 bridgehead atoms. The Kier molecular flexibility index (Phi) is 1.87. The Hall–Kier alpha value is -1.61. The van der Waals surface area contributed by atoms with Gasteiger partial charge in [-0.3, -0.25) is 4.98 Å². The standard InChI is InChI=1S/C10H11N3/c1-13(11)10-6-2-5-9-8(10)4-3-7-12-9/h2-7H,11H2,1H3. The van der Waals surface area contributed by atoms with Crippen LogP contribution in [0.15, 0.2) is 36.5 Å². The van der Waals surface area contributed by atoms with E-state index in [9.17, 15) is 0 Å². The summed E-state index contributed by atoms with van der Waals surface area (Å²) in [7, 11) is 1.82. The lowest BCUT2D eigenvalue weighted by Gasteiger charge is -2.13. The highest BCUT2D eigenvalue weighted by Crippen LogP contribution is 2.22. The van der Waals surface area contributed by atoms with E-state index < -0.39 is 0 Å². The lowest BCUT2D eigenvalue weighted by molar-refractivity contribution is 1.02. The van der Waals surface area contributed by atoms with Crippen LogP contribution in [0.5, 0.6) is 0 Å². The maximum atomic E-state index is 5.69. The van der Waals surface area contributed by atoms with Crippen LogP contribution < -0.4 is 10.9 Å². The van der Waals surface area contributed by atoms with E-state index in [1.54, 1.807) is 11.2 Å². The van der Waals surface area contributed by atoms with Gasteiger partial charge in [-0.15, -0.1) is 0 Å². The number of hydrogen-bond acceptors (Lipinski definition) is 3. The van der Waals surface area contributed by atoms with Crippen molar-refractivity contribution in [2.75, 3.05) is 12.1 Å². The topological polar surface area (TPSA) is 42.1 Å². The van der Waals surface area contributed by atoms with Crippen molar-refractivity contribution in [1.29, 1.82) is 0 Å². The van der Waals surface area contributed by atoms with Crippen molar-refractivity contribution < 1.29 is 0 Å². The van der Waals surface area contributed by atoms with Crippen molar-refractivity contribution in [2.24, 2.45) is 5.84 Å². The van der Waals surface area contributed by atoms with Crippen molar-refractivity contribution in [2.45, 2.75) is 0 Å². The number of rotatable bonds is 1. The SMILES string of the molecule is CN(N)c1cccc2ncccc12. The van der Waals surface area contributed by atoms with Gasteiger partial charge in [0.05, 0.1) is 11.2 Å². The number of fused-ring (bicyclic) bond motifs is 1. The van der Waals surface area contributed by atoms with Gasteiger partial charge in [0.15, 0.2) is 0 Å². The summed E-state index contributed by atoms with van der Waals surface area (Å²) in [5, 5.41) is 2.68. The zero-order valence-corrected chi connectivity index (χ0v) is 7.44. The molecule has 0 fully saturated rings. The fraction of sp³-hybridized carbons (Fsp3) is 0.100. The highest BCUT2D eigenvalue weighted by atomic mass is 15.4. The Balaban J connectivity index is 2.76. The average molecular weight is 173 g/mol. The number of nitrogens with zero attached hydrogens (tertiary/aromatic N) is 2. The molecule has 0 saturated heterocycles. The molecular formula is C10H11N3. The predicted molar refractivity (Wildman–Crippen MR) is 54.3 cm³/mol. The van der Waals surface area contributed by atoms with Crippen molar-refractivity contribution in [3.05, 3.63) is 36.5 Å². The molecule has 2 aromatic rings. The molecule has 1 aromatic carbocycles. The van der Waals surface area contributed by atoms with Crippen LogP contribution in [0.25, 0.3) is 10.9 Å². The Bertz CT molecular complexity index is 418. The van der Waals surface area contributed by atoms with Crippen LogP contribution >= 0.6 is 0 Å². The normalized spacial score (nSPS) is 10.3. The number of hydrazine groups is 1. The molecule has 3 nitrogen and oxygen atoms in total. The van der Waals surface area contributed by atoms with E-state index in [0.717, 1.165) is 16.6 Å². The summed E-state index contributed by atoms with van der Waals surface area (Å²) in [6.07, 6.45) is 1.78. The molecule has 0 radical (unpaired) electrons. The smallest absolute Gasteiger partial charge is 0.0723 e. The average Bonchev–Trinajstić information content (AvgIpc) is 2.17. The molecule has 0 aliphatic heterocycles.